The van der Waals surface area contributed by atoms with Crippen molar-refractivity contribution < 1.29 is 14.7 Å². The molecule has 1 amide bonds. The number of aliphatic carboxylic acids is 1. The maximum Gasteiger partial charge on any atom is 0.327 e. The highest BCUT2D eigenvalue weighted by Crippen LogP contribution is 2.19. The molecule has 2 N–H and O–H groups in total. The molecule has 102 valence electrons. The van der Waals surface area contributed by atoms with E-state index in [4.69, 9.17) is 11.5 Å². The van der Waals surface area contributed by atoms with Crippen LogP contribution in [0.2, 0.25) is 0 Å². The minimum Gasteiger partial charge on any atom is -0.480 e. The van der Waals surface area contributed by atoms with Gasteiger partial charge in [0.1, 0.15) is 11.7 Å². The van der Waals surface area contributed by atoms with Gasteiger partial charge in [0.2, 0.25) is 0 Å². The van der Waals surface area contributed by atoms with E-state index in [1.54, 1.807) is 16.8 Å². The summed E-state index contributed by atoms with van der Waals surface area (Å²) < 4.78 is 2.52. The molecule has 19 heavy (non-hydrogen) atoms. The lowest BCUT2D eigenvalue weighted by molar-refractivity contribution is -0.139. The van der Waals surface area contributed by atoms with E-state index in [2.05, 4.69) is 27.2 Å². The lowest BCUT2D eigenvalue weighted by Gasteiger charge is -2.15. The molecule has 1 unspecified atom stereocenters. The summed E-state index contributed by atoms with van der Waals surface area (Å²) in [6.45, 7) is 3.86. The molecule has 0 saturated heterocycles. The molecule has 1 atom stereocenters. The third kappa shape index (κ3) is 3.86. The van der Waals surface area contributed by atoms with E-state index in [1.807, 2.05) is 13.8 Å². The van der Waals surface area contributed by atoms with Gasteiger partial charge in [0.05, 0.1) is 0 Å². The topological polar surface area (TPSA) is 71.3 Å². The smallest absolute Gasteiger partial charge is 0.327 e. The van der Waals surface area contributed by atoms with Crippen LogP contribution in [-0.4, -0.2) is 27.6 Å². The highest BCUT2D eigenvalue weighted by molar-refractivity contribution is 9.10. The second-order valence-corrected chi connectivity index (χ2v) is 5.23. The molecule has 1 aromatic heterocycles. The van der Waals surface area contributed by atoms with Gasteiger partial charge < -0.3 is 15.0 Å². The minimum absolute atomic E-state index is 0.0510. The van der Waals surface area contributed by atoms with E-state index in [0.29, 0.717) is 5.69 Å². The van der Waals surface area contributed by atoms with Crippen molar-refractivity contribution in [2.45, 2.75) is 32.4 Å². The van der Waals surface area contributed by atoms with Crippen LogP contribution in [-0.2, 0) is 4.79 Å². The number of halogens is 1. The number of nitrogens with one attached hydrogen (secondary N) is 1. The maximum atomic E-state index is 12.1. The zero-order valence-corrected chi connectivity index (χ0v) is 12.3. The van der Waals surface area contributed by atoms with Gasteiger partial charge in [-0.05, 0) is 35.8 Å². The molecule has 0 radical (unpaired) electrons. The Morgan fingerprint density at radius 3 is 2.68 bits per heavy atom. The molecule has 0 aliphatic heterocycles. The van der Waals surface area contributed by atoms with Crippen LogP contribution < -0.4 is 5.32 Å². The van der Waals surface area contributed by atoms with Gasteiger partial charge >= 0.3 is 5.97 Å². The number of hydrogen-bond donors (Lipinski definition) is 2. The van der Waals surface area contributed by atoms with Gasteiger partial charge in [0.25, 0.3) is 5.91 Å². The Morgan fingerprint density at radius 2 is 2.21 bits per heavy atom. The van der Waals surface area contributed by atoms with Crippen molar-refractivity contribution in [1.29, 1.82) is 0 Å². The molecule has 1 rings (SSSR count). The van der Waals surface area contributed by atoms with Gasteiger partial charge in [-0.15, -0.1) is 12.3 Å². The number of carboxylic acid groups (broad SMARTS) is 1. The average Bonchev–Trinajstić information content (AvgIpc) is 2.70. The van der Waals surface area contributed by atoms with Gasteiger partial charge in [-0.1, -0.05) is 0 Å². The van der Waals surface area contributed by atoms with Crippen LogP contribution in [0.3, 0.4) is 0 Å². The van der Waals surface area contributed by atoms with E-state index in [-0.39, 0.29) is 12.5 Å². The Morgan fingerprint density at radius 1 is 1.58 bits per heavy atom. The third-order valence-corrected chi connectivity index (χ3v) is 2.96. The first-order valence-electron chi connectivity index (χ1n) is 5.71. The third-order valence-electron chi connectivity index (χ3n) is 2.53. The number of terminal acetylenes is 1. The summed E-state index contributed by atoms with van der Waals surface area (Å²) >= 11 is 3.30. The van der Waals surface area contributed by atoms with Gasteiger partial charge in [-0.25, -0.2) is 4.79 Å². The number of nitrogens with zero attached hydrogens (tertiary/aromatic N) is 1. The first kappa shape index (κ1) is 15.3. The molecular weight excluding hydrogens is 312 g/mol. The van der Waals surface area contributed by atoms with Crippen LogP contribution >= 0.6 is 15.9 Å². The highest BCUT2D eigenvalue weighted by atomic mass is 79.9. The van der Waals surface area contributed by atoms with Crippen LogP contribution in [0.25, 0.3) is 0 Å². The lowest BCUT2D eigenvalue weighted by Crippen LogP contribution is -2.41. The molecule has 0 aromatic carbocycles. The monoisotopic (exact) mass is 326 g/mol. The van der Waals surface area contributed by atoms with Crippen molar-refractivity contribution in [3.63, 3.8) is 0 Å². The van der Waals surface area contributed by atoms with Crippen molar-refractivity contribution in [3.05, 3.63) is 22.4 Å². The zero-order chi connectivity index (χ0) is 14.6. The molecule has 0 aliphatic carbocycles. The van der Waals surface area contributed by atoms with Crippen LogP contribution in [0.15, 0.2) is 16.7 Å². The van der Waals surface area contributed by atoms with Gasteiger partial charge in [-0.2, -0.15) is 0 Å². The van der Waals surface area contributed by atoms with Crippen molar-refractivity contribution in [3.8, 4) is 12.3 Å². The van der Waals surface area contributed by atoms with Crippen LogP contribution in [0, 0.1) is 12.3 Å². The van der Waals surface area contributed by atoms with Crippen molar-refractivity contribution in [2.24, 2.45) is 0 Å². The quantitative estimate of drug-likeness (QED) is 0.813. The molecule has 0 bridgehead atoms. The predicted molar refractivity (Wildman–Crippen MR) is 74.9 cm³/mol. The van der Waals surface area contributed by atoms with Crippen LogP contribution in [0.5, 0.6) is 0 Å². The molecule has 0 saturated carbocycles. The Kier molecular flexibility index (Phi) is 5.19. The normalized spacial score (nSPS) is 11.9. The SMILES string of the molecule is C#CCC(NC(=O)c1cc(Br)cn1C(C)C)C(=O)O. The summed E-state index contributed by atoms with van der Waals surface area (Å²) in [6, 6.07) is 0.652. The number of aromatic nitrogens is 1. The Balaban J connectivity index is 2.95. The van der Waals surface area contributed by atoms with E-state index in [0.717, 1.165) is 4.47 Å². The predicted octanol–water partition coefficient (Wildman–Crippen LogP) is 2.04. The standard InChI is InChI=1S/C13H15BrN2O3/c1-4-5-10(13(18)19)15-12(17)11-6-9(14)7-16(11)8(2)3/h1,6-8,10H,5H2,2-3H3,(H,15,17)(H,18,19). The molecular formula is C13H15BrN2O3. The Labute approximate surface area is 120 Å². The van der Waals surface area contributed by atoms with Gasteiger partial charge in [-0.3, -0.25) is 4.79 Å². The minimum atomic E-state index is -1.15. The number of carboxylic acids is 1. The number of rotatable bonds is 5. The Hall–Kier alpha value is -1.74. The fourth-order valence-electron chi connectivity index (χ4n) is 1.60. The second-order valence-electron chi connectivity index (χ2n) is 4.32. The fraction of sp³-hybridized carbons (Fsp3) is 0.385. The molecule has 1 heterocycles. The van der Waals surface area contributed by atoms with E-state index in [1.165, 1.54) is 0 Å². The summed E-state index contributed by atoms with van der Waals surface area (Å²) in [4.78, 5) is 23.0. The number of carbonyl (C=O) groups excluding carboxylic acids is 1. The van der Waals surface area contributed by atoms with Crippen LogP contribution in [0.1, 0.15) is 36.8 Å². The molecule has 1 aromatic rings. The van der Waals surface area contributed by atoms with Crippen molar-refractivity contribution in [1.82, 2.24) is 9.88 Å². The van der Waals surface area contributed by atoms with Gasteiger partial charge in [0.15, 0.2) is 0 Å². The van der Waals surface area contributed by atoms with Crippen LogP contribution in [0.4, 0.5) is 0 Å². The number of hydrogen-bond acceptors (Lipinski definition) is 2. The summed E-state index contributed by atoms with van der Waals surface area (Å²) in [6.07, 6.45) is 6.81. The maximum absolute atomic E-state index is 12.1. The summed E-state index contributed by atoms with van der Waals surface area (Å²) in [5.41, 5.74) is 0.394. The molecule has 0 spiro atoms. The zero-order valence-electron chi connectivity index (χ0n) is 10.7. The summed E-state index contributed by atoms with van der Waals surface area (Å²) in [5.74, 6) is 0.635. The summed E-state index contributed by atoms with van der Waals surface area (Å²) in [7, 11) is 0. The number of carbonyl (C=O) groups is 2. The highest BCUT2D eigenvalue weighted by Gasteiger charge is 2.22. The molecule has 5 nitrogen and oxygen atoms in total. The van der Waals surface area contributed by atoms with E-state index >= 15 is 0 Å². The summed E-state index contributed by atoms with van der Waals surface area (Å²) in [5, 5.41) is 11.4. The van der Waals surface area contributed by atoms with E-state index in [9.17, 15) is 9.59 Å². The molecule has 0 aliphatic rings. The van der Waals surface area contributed by atoms with E-state index < -0.39 is 17.9 Å². The average molecular weight is 327 g/mol. The van der Waals surface area contributed by atoms with Gasteiger partial charge in [0, 0.05) is 23.1 Å². The first-order valence-corrected chi connectivity index (χ1v) is 6.50. The van der Waals surface area contributed by atoms with Crippen molar-refractivity contribution >= 4 is 27.8 Å². The lowest BCUT2D eigenvalue weighted by atomic mass is 10.2. The second kappa shape index (κ2) is 6.43. The van der Waals surface area contributed by atoms with Crippen molar-refractivity contribution in [2.75, 3.05) is 0 Å². The molecule has 6 heteroatoms. The Bertz CT molecular complexity index is 528. The fourth-order valence-corrected chi connectivity index (χ4v) is 2.04. The first-order chi connectivity index (χ1) is 8.86. The molecule has 0 fully saturated rings. The number of amides is 1. The largest absolute Gasteiger partial charge is 0.480 e.